The highest BCUT2D eigenvalue weighted by atomic mass is 16.5. The minimum absolute atomic E-state index is 0.379. The minimum Gasteiger partial charge on any atom is -0.379 e. The van der Waals surface area contributed by atoms with Crippen LogP contribution in [0, 0.1) is 0 Å². The Balaban J connectivity index is 1.53. The summed E-state index contributed by atoms with van der Waals surface area (Å²) < 4.78 is 5.45. The molecule has 0 aromatic heterocycles. The van der Waals surface area contributed by atoms with Crippen LogP contribution >= 0.6 is 0 Å². The van der Waals surface area contributed by atoms with Gasteiger partial charge in [0, 0.05) is 32.2 Å². The van der Waals surface area contributed by atoms with Crippen molar-refractivity contribution in [1.29, 1.82) is 0 Å². The van der Waals surface area contributed by atoms with E-state index in [1.807, 2.05) is 6.07 Å². The van der Waals surface area contributed by atoms with Crippen molar-refractivity contribution < 1.29 is 4.74 Å². The lowest BCUT2D eigenvalue weighted by atomic mass is 10.0. The van der Waals surface area contributed by atoms with Crippen LogP contribution < -0.4 is 5.32 Å². The van der Waals surface area contributed by atoms with Gasteiger partial charge in [-0.3, -0.25) is 4.90 Å². The summed E-state index contributed by atoms with van der Waals surface area (Å²) in [6.07, 6.45) is 5.50. The number of benzene rings is 2. The first-order valence-electron chi connectivity index (χ1n) is 9.22. The molecule has 1 N–H and O–H groups in total. The fraction of sp³-hybridized carbons (Fsp3) is 0.364. The van der Waals surface area contributed by atoms with E-state index in [1.165, 1.54) is 11.1 Å². The fourth-order valence-corrected chi connectivity index (χ4v) is 3.18. The van der Waals surface area contributed by atoms with Gasteiger partial charge in [0.15, 0.2) is 0 Å². The lowest BCUT2D eigenvalue weighted by Gasteiger charge is -2.28. The van der Waals surface area contributed by atoms with Crippen molar-refractivity contribution in [3.63, 3.8) is 0 Å². The summed E-state index contributed by atoms with van der Waals surface area (Å²) in [4.78, 5) is 2.50. The summed E-state index contributed by atoms with van der Waals surface area (Å²) in [5, 5.41) is 3.70. The first-order chi connectivity index (χ1) is 12.4. The number of nitrogens with zero attached hydrogens (tertiary/aromatic N) is 1. The summed E-state index contributed by atoms with van der Waals surface area (Å²) in [6.45, 7) is 5.81. The Hall–Kier alpha value is -1.94. The Morgan fingerprint density at radius 1 is 0.960 bits per heavy atom. The van der Waals surface area contributed by atoms with Crippen LogP contribution in [0.4, 0.5) is 0 Å². The molecule has 132 valence electrons. The molecule has 0 saturated carbocycles. The van der Waals surface area contributed by atoms with Crippen molar-refractivity contribution in [2.45, 2.75) is 12.5 Å². The molecule has 3 heteroatoms. The maximum Gasteiger partial charge on any atom is 0.0594 e. The summed E-state index contributed by atoms with van der Waals surface area (Å²) in [7, 11) is 0. The van der Waals surface area contributed by atoms with E-state index in [1.54, 1.807) is 0 Å². The number of nitrogens with one attached hydrogen (secondary N) is 1. The van der Waals surface area contributed by atoms with Gasteiger partial charge < -0.3 is 10.1 Å². The predicted octanol–water partition coefficient (Wildman–Crippen LogP) is 3.75. The van der Waals surface area contributed by atoms with Gasteiger partial charge in [-0.15, -0.1) is 0 Å². The maximum absolute atomic E-state index is 5.45. The van der Waals surface area contributed by atoms with E-state index in [4.69, 9.17) is 4.74 Å². The van der Waals surface area contributed by atoms with Crippen LogP contribution in [0.5, 0.6) is 0 Å². The first-order valence-corrected chi connectivity index (χ1v) is 9.22. The van der Waals surface area contributed by atoms with Crippen LogP contribution in [0.1, 0.15) is 23.6 Å². The highest BCUT2D eigenvalue weighted by Crippen LogP contribution is 2.17. The molecule has 25 heavy (non-hydrogen) atoms. The van der Waals surface area contributed by atoms with Crippen molar-refractivity contribution in [2.75, 3.05) is 39.4 Å². The molecule has 3 nitrogen and oxygen atoms in total. The van der Waals surface area contributed by atoms with E-state index in [0.717, 1.165) is 45.8 Å². The van der Waals surface area contributed by atoms with Crippen LogP contribution in [0.15, 0.2) is 66.7 Å². The monoisotopic (exact) mass is 336 g/mol. The van der Waals surface area contributed by atoms with Gasteiger partial charge in [-0.2, -0.15) is 0 Å². The van der Waals surface area contributed by atoms with Crippen LogP contribution in [0.2, 0.25) is 0 Å². The van der Waals surface area contributed by atoms with E-state index >= 15 is 0 Å². The summed E-state index contributed by atoms with van der Waals surface area (Å²) >= 11 is 0. The third kappa shape index (κ3) is 6.13. The number of ether oxygens (including phenoxy) is 1. The van der Waals surface area contributed by atoms with Crippen LogP contribution in [-0.4, -0.2) is 44.3 Å². The third-order valence-electron chi connectivity index (χ3n) is 4.63. The van der Waals surface area contributed by atoms with Gasteiger partial charge in [0.1, 0.15) is 0 Å². The Bertz CT molecular complexity index is 621. The molecular formula is C22H28N2O. The van der Waals surface area contributed by atoms with Gasteiger partial charge in [0.25, 0.3) is 0 Å². The number of hydrogen-bond acceptors (Lipinski definition) is 3. The van der Waals surface area contributed by atoms with Crippen molar-refractivity contribution in [1.82, 2.24) is 10.2 Å². The molecule has 1 aliphatic heterocycles. The second-order valence-corrected chi connectivity index (χ2v) is 6.43. The zero-order chi connectivity index (χ0) is 17.2. The standard InChI is InChI=1S/C22H28N2O/c1-3-8-20(9-4-1)10-7-14-23-22(21-11-5-2-6-12-21)13-15-24-16-18-25-19-17-24/h1-12,22-23H,13-19H2. The highest BCUT2D eigenvalue weighted by molar-refractivity contribution is 5.48. The van der Waals surface area contributed by atoms with E-state index in [0.29, 0.717) is 6.04 Å². The normalized spacial score (nSPS) is 17.0. The molecule has 0 radical (unpaired) electrons. The van der Waals surface area contributed by atoms with Gasteiger partial charge in [0.2, 0.25) is 0 Å². The largest absolute Gasteiger partial charge is 0.379 e. The average Bonchev–Trinajstić information content (AvgIpc) is 2.70. The Morgan fingerprint density at radius 2 is 1.64 bits per heavy atom. The van der Waals surface area contributed by atoms with Crippen LogP contribution in [-0.2, 0) is 4.74 Å². The molecule has 0 aliphatic carbocycles. The molecule has 1 heterocycles. The molecule has 1 atom stereocenters. The van der Waals surface area contributed by atoms with E-state index in [9.17, 15) is 0 Å². The Kier molecular flexibility index (Phi) is 7.25. The lowest BCUT2D eigenvalue weighted by molar-refractivity contribution is 0.0362. The Labute approximate surface area is 151 Å². The SMILES string of the molecule is C(=Cc1ccccc1)CNC(CCN1CCOCC1)c1ccccc1. The topological polar surface area (TPSA) is 24.5 Å². The molecule has 0 bridgehead atoms. The van der Waals surface area contributed by atoms with Gasteiger partial charge in [-0.25, -0.2) is 0 Å². The van der Waals surface area contributed by atoms with Gasteiger partial charge >= 0.3 is 0 Å². The molecule has 1 saturated heterocycles. The summed E-state index contributed by atoms with van der Waals surface area (Å²) in [5.41, 5.74) is 2.61. The van der Waals surface area contributed by atoms with E-state index in [2.05, 4.69) is 77.0 Å². The maximum atomic E-state index is 5.45. The molecular weight excluding hydrogens is 308 g/mol. The van der Waals surface area contributed by atoms with Crippen LogP contribution in [0.3, 0.4) is 0 Å². The van der Waals surface area contributed by atoms with Gasteiger partial charge in [-0.05, 0) is 17.5 Å². The molecule has 2 aromatic carbocycles. The molecule has 1 unspecified atom stereocenters. The van der Waals surface area contributed by atoms with Gasteiger partial charge in [-0.1, -0.05) is 72.8 Å². The highest BCUT2D eigenvalue weighted by Gasteiger charge is 2.14. The molecule has 1 aliphatic rings. The summed E-state index contributed by atoms with van der Waals surface area (Å²) in [5.74, 6) is 0. The van der Waals surface area contributed by atoms with Crippen molar-refractivity contribution >= 4 is 6.08 Å². The quantitative estimate of drug-likeness (QED) is 0.794. The molecule has 1 fully saturated rings. The number of hydrogen-bond donors (Lipinski definition) is 1. The van der Waals surface area contributed by atoms with E-state index < -0.39 is 0 Å². The average molecular weight is 336 g/mol. The zero-order valence-electron chi connectivity index (χ0n) is 14.8. The predicted molar refractivity (Wildman–Crippen MR) is 105 cm³/mol. The van der Waals surface area contributed by atoms with Crippen molar-refractivity contribution in [3.8, 4) is 0 Å². The molecule has 2 aromatic rings. The second kappa shape index (κ2) is 10.1. The van der Waals surface area contributed by atoms with E-state index in [-0.39, 0.29) is 0 Å². The third-order valence-corrected chi connectivity index (χ3v) is 4.63. The first kappa shape index (κ1) is 17.9. The Morgan fingerprint density at radius 3 is 2.36 bits per heavy atom. The van der Waals surface area contributed by atoms with Gasteiger partial charge in [0.05, 0.1) is 13.2 Å². The van der Waals surface area contributed by atoms with Crippen molar-refractivity contribution in [2.24, 2.45) is 0 Å². The summed E-state index contributed by atoms with van der Waals surface area (Å²) in [6, 6.07) is 21.6. The number of morpholine rings is 1. The fourth-order valence-electron chi connectivity index (χ4n) is 3.18. The van der Waals surface area contributed by atoms with Crippen LogP contribution in [0.25, 0.3) is 6.08 Å². The number of rotatable bonds is 8. The smallest absolute Gasteiger partial charge is 0.0594 e. The lowest BCUT2D eigenvalue weighted by Crippen LogP contribution is -2.38. The molecule has 3 rings (SSSR count). The minimum atomic E-state index is 0.379. The molecule has 0 spiro atoms. The van der Waals surface area contributed by atoms with Crippen molar-refractivity contribution in [3.05, 3.63) is 77.9 Å². The zero-order valence-corrected chi connectivity index (χ0v) is 14.8. The molecule has 0 amide bonds. The second-order valence-electron chi connectivity index (χ2n) is 6.43.